The number of carbonyl (C=O) groups is 1. The smallest absolute Gasteiger partial charge is 0.258 e. The highest BCUT2D eigenvalue weighted by Gasteiger charge is 2.24. The normalized spacial score (nSPS) is 14.0. The number of amides is 1. The van der Waals surface area contributed by atoms with Crippen LogP contribution in [0, 0.1) is 5.82 Å². The zero-order chi connectivity index (χ0) is 14.1. The number of fused-ring (bicyclic) bond motifs is 1. The van der Waals surface area contributed by atoms with Gasteiger partial charge in [0.2, 0.25) is 0 Å². The Bertz CT molecular complexity index is 677. The number of para-hydroxylation sites is 1. The largest absolute Gasteiger partial charge is 0.306 e. The summed E-state index contributed by atoms with van der Waals surface area (Å²) < 4.78 is 13.6. The minimum atomic E-state index is -0.365. The van der Waals surface area contributed by atoms with Crippen LogP contribution in [0.25, 0.3) is 0 Å². The molecule has 1 heterocycles. The monoisotopic (exact) mass is 351 g/mol. The Labute approximate surface area is 129 Å². The molecule has 0 spiro atoms. The number of carbonyl (C=O) groups excluding carboxylic acids is 1. The second kappa shape index (κ2) is 5.58. The van der Waals surface area contributed by atoms with E-state index < -0.39 is 0 Å². The third kappa shape index (κ3) is 2.47. The van der Waals surface area contributed by atoms with Gasteiger partial charge in [0, 0.05) is 22.8 Å². The lowest BCUT2D eigenvalue weighted by Crippen LogP contribution is -2.35. The first-order valence-electron chi connectivity index (χ1n) is 6.15. The molecular weight excluding hydrogens is 341 g/mol. The van der Waals surface area contributed by atoms with Crippen LogP contribution in [0.1, 0.15) is 10.4 Å². The first kappa shape index (κ1) is 13.6. The lowest BCUT2D eigenvalue weighted by atomic mass is 10.1. The second-order valence-corrected chi connectivity index (χ2v) is 6.39. The number of halogens is 2. The van der Waals surface area contributed by atoms with Crippen LogP contribution in [0.4, 0.5) is 10.1 Å². The van der Waals surface area contributed by atoms with E-state index in [9.17, 15) is 9.18 Å². The molecule has 1 aliphatic rings. The zero-order valence-corrected chi connectivity index (χ0v) is 12.9. The van der Waals surface area contributed by atoms with Gasteiger partial charge in [-0.1, -0.05) is 12.1 Å². The Kier molecular flexibility index (Phi) is 3.81. The summed E-state index contributed by atoms with van der Waals surface area (Å²) in [5, 5.41) is 0. The summed E-state index contributed by atoms with van der Waals surface area (Å²) in [6, 6.07) is 12.2. The highest BCUT2D eigenvalue weighted by Crippen LogP contribution is 2.35. The number of rotatable bonds is 1. The number of hydrogen-bond donors (Lipinski definition) is 0. The molecule has 0 bridgehead atoms. The van der Waals surface area contributed by atoms with E-state index in [1.807, 2.05) is 24.3 Å². The van der Waals surface area contributed by atoms with E-state index in [1.54, 1.807) is 16.7 Å². The first-order chi connectivity index (χ1) is 9.66. The molecule has 1 aliphatic heterocycles. The molecule has 0 saturated carbocycles. The van der Waals surface area contributed by atoms with Crippen LogP contribution in [0.5, 0.6) is 0 Å². The van der Waals surface area contributed by atoms with E-state index in [0.29, 0.717) is 16.6 Å². The van der Waals surface area contributed by atoms with Crippen molar-refractivity contribution in [3.63, 3.8) is 0 Å². The Hall–Kier alpha value is -1.33. The summed E-state index contributed by atoms with van der Waals surface area (Å²) in [7, 11) is 0. The molecular formula is C15H11BrFNOS. The maximum absolute atomic E-state index is 13.3. The van der Waals surface area contributed by atoms with Gasteiger partial charge in [0.1, 0.15) is 5.82 Å². The van der Waals surface area contributed by atoms with E-state index >= 15 is 0 Å². The number of thioether (sulfide) groups is 1. The third-order valence-corrected chi connectivity index (χ3v) is 4.79. The van der Waals surface area contributed by atoms with Gasteiger partial charge >= 0.3 is 0 Å². The summed E-state index contributed by atoms with van der Waals surface area (Å²) in [4.78, 5) is 15.5. The maximum atomic E-state index is 13.3. The van der Waals surface area contributed by atoms with Crippen molar-refractivity contribution in [3.8, 4) is 0 Å². The fourth-order valence-electron chi connectivity index (χ4n) is 2.17. The Morgan fingerprint density at radius 3 is 2.85 bits per heavy atom. The van der Waals surface area contributed by atoms with Gasteiger partial charge in [-0.3, -0.25) is 4.79 Å². The van der Waals surface area contributed by atoms with Crippen LogP contribution >= 0.6 is 27.7 Å². The summed E-state index contributed by atoms with van der Waals surface area (Å²) in [6.45, 7) is 0.662. The van der Waals surface area contributed by atoms with Gasteiger partial charge in [-0.2, -0.15) is 0 Å². The Morgan fingerprint density at radius 2 is 2.05 bits per heavy atom. The van der Waals surface area contributed by atoms with Crippen LogP contribution < -0.4 is 4.90 Å². The minimum Gasteiger partial charge on any atom is -0.306 e. The van der Waals surface area contributed by atoms with E-state index in [1.165, 1.54) is 18.2 Å². The van der Waals surface area contributed by atoms with Gasteiger partial charge in [0.05, 0.1) is 10.2 Å². The number of benzene rings is 2. The molecule has 2 aromatic carbocycles. The van der Waals surface area contributed by atoms with Gasteiger partial charge in [0.25, 0.3) is 5.91 Å². The summed E-state index contributed by atoms with van der Waals surface area (Å²) in [5.41, 5.74) is 1.41. The maximum Gasteiger partial charge on any atom is 0.258 e. The van der Waals surface area contributed by atoms with Gasteiger partial charge in [-0.05, 0) is 46.3 Å². The van der Waals surface area contributed by atoms with E-state index in [2.05, 4.69) is 15.9 Å². The Morgan fingerprint density at radius 1 is 1.25 bits per heavy atom. The van der Waals surface area contributed by atoms with Crippen molar-refractivity contribution < 1.29 is 9.18 Å². The molecule has 1 amide bonds. The lowest BCUT2D eigenvalue weighted by Gasteiger charge is -2.29. The molecule has 3 rings (SSSR count). The predicted octanol–water partition coefficient (Wildman–Crippen LogP) is 4.34. The predicted molar refractivity (Wildman–Crippen MR) is 82.9 cm³/mol. The van der Waals surface area contributed by atoms with Crippen LogP contribution in [-0.4, -0.2) is 18.2 Å². The van der Waals surface area contributed by atoms with Gasteiger partial charge < -0.3 is 4.90 Å². The van der Waals surface area contributed by atoms with Crippen molar-refractivity contribution in [2.24, 2.45) is 0 Å². The molecule has 102 valence electrons. The summed E-state index contributed by atoms with van der Waals surface area (Å²) in [5.74, 6) is 0.403. The standard InChI is InChI=1S/C15H11BrFNOS/c16-11-9-10(5-6-12(11)17)15(19)18-7-8-20-14-4-2-1-3-13(14)18/h1-6,9H,7-8H2. The second-order valence-electron chi connectivity index (χ2n) is 4.40. The highest BCUT2D eigenvalue weighted by molar-refractivity contribution is 9.10. The number of hydrogen-bond acceptors (Lipinski definition) is 2. The summed E-state index contributed by atoms with van der Waals surface area (Å²) >= 11 is 4.87. The average molecular weight is 352 g/mol. The van der Waals surface area contributed by atoms with Crippen molar-refractivity contribution in [2.75, 3.05) is 17.2 Å². The molecule has 0 aliphatic carbocycles. The molecule has 0 N–H and O–H groups in total. The lowest BCUT2D eigenvalue weighted by molar-refractivity contribution is 0.0987. The minimum absolute atomic E-state index is 0.0987. The molecule has 0 saturated heterocycles. The van der Waals surface area contributed by atoms with Crippen LogP contribution in [0.2, 0.25) is 0 Å². The van der Waals surface area contributed by atoms with Gasteiger partial charge in [-0.15, -0.1) is 11.8 Å². The molecule has 0 unspecified atom stereocenters. The SMILES string of the molecule is O=C(c1ccc(F)c(Br)c1)N1CCSc2ccccc21. The van der Waals surface area contributed by atoms with E-state index in [-0.39, 0.29) is 11.7 Å². The van der Waals surface area contributed by atoms with Crippen LogP contribution in [-0.2, 0) is 0 Å². The summed E-state index contributed by atoms with van der Waals surface area (Å²) in [6.07, 6.45) is 0. The van der Waals surface area contributed by atoms with Gasteiger partial charge in [0.15, 0.2) is 0 Å². The topological polar surface area (TPSA) is 20.3 Å². The molecule has 0 fully saturated rings. The van der Waals surface area contributed by atoms with Crippen molar-refractivity contribution in [2.45, 2.75) is 4.90 Å². The number of anilines is 1. The van der Waals surface area contributed by atoms with Crippen molar-refractivity contribution in [3.05, 3.63) is 58.3 Å². The quantitative estimate of drug-likeness (QED) is 0.761. The Balaban J connectivity index is 1.97. The molecule has 20 heavy (non-hydrogen) atoms. The van der Waals surface area contributed by atoms with Crippen molar-refractivity contribution >= 4 is 39.3 Å². The zero-order valence-electron chi connectivity index (χ0n) is 10.5. The van der Waals surface area contributed by atoms with Crippen LogP contribution in [0.3, 0.4) is 0 Å². The molecule has 0 radical (unpaired) electrons. The number of nitrogens with zero attached hydrogens (tertiary/aromatic N) is 1. The fourth-order valence-corrected chi connectivity index (χ4v) is 3.54. The third-order valence-electron chi connectivity index (χ3n) is 3.14. The molecule has 2 aromatic rings. The molecule has 5 heteroatoms. The van der Waals surface area contributed by atoms with Crippen LogP contribution in [0.15, 0.2) is 51.8 Å². The molecule has 2 nitrogen and oxygen atoms in total. The van der Waals surface area contributed by atoms with E-state index in [4.69, 9.17) is 0 Å². The van der Waals surface area contributed by atoms with Gasteiger partial charge in [-0.25, -0.2) is 4.39 Å². The first-order valence-corrected chi connectivity index (χ1v) is 7.93. The fraction of sp³-hybridized carbons (Fsp3) is 0.133. The molecule has 0 atom stereocenters. The average Bonchev–Trinajstić information content (AvgIpc) is 2.49. The highest BCUT2D eigenvalue weighted by atomic mass is 79.9. The van der Waals surface area contributed by atoms with Crippen molar-refractivity contribution in [1.82, 2.24) is 0 Å². The van der Waals surface area contributed by atoms with Crippen molar-refractivity contribution in [1.29, 1.82) is 0 Å². The van der Waals surface area contributed by atoms with E-state index in [0.717, 1.165) is 16.3 Å². The molecule has 0 aromatic heterocycles.